The summed E-state index contributed by atoms with van der Waals surface area (Å²) in [6.07, 6.45) is 2.63. The third-order valence-corrected chi connectivity index (χ3v) is 3.66. The molecule has 5 N–H and O–H groups in total. The number of carbonyl (C=O) groups is 3. The predicted molar refractivity (Wildman–Crippen MR) is 94.1 cm³/mol. The van der Waals surface area contributed by atoms with E-state index in [-0.39, 0.29) is 43.2 Å². The zero-order chi connectivity index (χ0) is 16.7. The molecular weight excluding hydrogens is 332 g/mol. The summed E-state index contributed by atoms with van der Waals surface area (Å²) < 4.78 is 0. The van der Waals surface area contributed by atoms with Crippen LogP contribution in [0.15, 0.2) is 24.3 Å². The van der Waals surface area contributed by atoms with Crippen molar-refractivity contribution in [1.82, 2.24) is 10.6 Å². The van der Waals surface area contributed by atoms with Crippen LogP contribution in [0.3, 0.4) is 0 Å². The molecule has 0 radical (unpaired) electrons. The fourth-order valence-electron chi connectivity index (χ4n) is 2.51. The van der Waals surface area contributed by atoms with Crippen molar-refractivity contribution in [3.8, 4) is 0 Å². The zero-order valence-electron chi connectivity index (χ0n) is 13.3. The molecule has 0 aliphatic carbocycles. The van der Waals surface area contributed by atoms with Gasteiger partial charge in [0.25, 0.3) is 5.91 Å². The van der Waals surface area contributed by atoms with Gasteiger partial charge in [0, 0.05) is 36.7 Å². The maximum atomic E-state index is 12.0. The van der Waals surface area contributed by atoms with E-state index in [2.05, 4.69) is 16.0 Å². The van der Waals surface area contributed by atoms with Crippen LogP contribution in [0.25, 0.3) is 0 Å². The number of nitrogens with two attached hydrogens (primary N) is 1. The summed E-state index contributed by atoms with van der Waals surface area (Å²) in [5.41, 5.74) is 6.02. The zero-order valence-corrected chi connectivity index (χ0v) is 14.2. The molecule has 2 rings (SSSR count). The molecule has 0 aromatic heterocycles. The van der Waals surface area contributed by atoms with Crippen molar-refractivity contribution in [2.24, 2.45) is 5.73 Å². The van der Waals surface area contributed by atoms with Gasteiger partial charge in [-0.05, 0) is 37.6 Å². The molecule has 7 nitrogen and oxygen atoms in total. The first kappa shape index (κ1) is 19.9. The number of primary amides is 1. The summed E-state index contributed by atoms with van der Waals surface area (Å²) in [7, 11) is 0. The molecule has 24 heavy (non-hydrogen) atoms. The molecule has 1 unspecified atom stereocenters. The monoisotopic (exact) mass is 354 g/mol. The van der Waals surface area contributed by atoms with Crippen LogP contribution in [0, 0.1) is 0 Å². The fourth-order valence-corrected chi connectivity index (χ4v) is 2.51. The molecule has 1 atom stereocenters. The van der Waals surface area contributed by atoms with E-state index >= 15 is 0 Å². The lowest BCUT2D eigenvalue weighted by Crippen LogP contribution is -2.28. The van der Waals surface area contributed by atoms with Crippen molar-refractivity contribution in [3.63, 3.8) is 0 Å². The molecular formula is C16H23ClN4O3. The smallest absolute Gasteiger partial charge is 0.251 e. The van der Waals surface area contributed by atoms with Gasteiger partial charge in [0.15, 0.2) is 0 Å². The number of hydrogen-bond donors (Lipinski definition) is 4. The first-order valence-electron chi connectivity index (χ1n) is 7.74. The molecule has 0 saturated carbocycles. The number of hydrogen-bond acceptors (Lipinski definition) is 4. The molecule has 1 fully saturated rings. The minimum absolute atomic E-state index is 0. The molecule has 1 aliphatic rings. The summed E-state index contributed by atoms with van der Waals surface area (Å²) in [5, 5.41) is 8.68. The molecule has 1 saturated heterocycles. The molecule has 1 aliphatic heterocycles. The van der Waals surface area contributed by atoms with Crippen molar-refractivity contribution in [1.29, 1.82) is 0 Å². The molecule has 132 valence electrons. The Morgan fingerprint density at radius 3 is 2.75 bits per heavy atom. The van der Waals surface area contributed by atoms with E-state index in [0.717, 1.165) is 19.4 Å². The van der Waals surface area contributed by atoms with Gasteiger partial charge in [-0.25, -0.2) is 0 Å². The Bertz CT molecular complexity index is 588. The highest BCUT2D eigenvalue weighted by Gasteiger charge is 2.17. The summed E-state index contributed by atoms with van der Waals surface area (Å²) in [4.78, 5) is 34.6. The van der Waals surface area contributed by atoms with Crippen molar-refractivity contribution < 1.29 is 14.4 Å². The normalized spacial score (nSPS) is 16.1. The van der Waals surface area contributed by atoms with Crippen molar-refractivity contribution >= 4 is 35.8 Å². The van der Waals surface area contributed by atoms with Gasteiger partial charge in [-0.2, -0.15) is 0 Å². The molecule has 8 heteroatoms. The van der Waals surface area contributed by atoms with Crippen LogP contribution in [-0.4, -0.2) is 36.9 Å². The van der Waals surface area contributed by atoms with Crippen molar-refractivity contribution in [2.75, 3.05) is 18.4 Å². The van der Waals surface area contributed by atoms with Crippen LogP contribution < -0.4 is 21.7 Å². The quantitative estimate of drug-likeness (QED) is 0.579. The van der Waals surface area contributed by atoms with E-state index in [1.807, 2.05) is 0 Å². The standard InChI is InChI=1S/C16H22N4O3.ClH/c17-14(21)6-8-19-16(23)11-3-1-4-13(9-11)20-15(22)10-12-5-2-7-18-12;/h1,3-4,9,12,18H,2,5-8,10H2,(H2,17,21)(H,19,23)(H,20,22);1H. The lowest BCUT2D eigenvalue weighted by Gasteiger charge is -2.11. The highest BCUT2D eigenvalue weighted by molar-refractivity contribution is 5.97. The van der Waals surface area contributed by atoms with Crippen molar-refractivity contribution in [2.45, 2.75) is 31.7 Å². The van der Waals surface area contributed by atoms with Crippen LogP contribution in [0.5, 0.6) is 0 Å². The molecule has 1 heterocycles. The van der Waals surface area contributed by atoms with E-state index in [1.165, 1.54) is 0 Å². The summed E-state index contributed by atoms with van der Waals surface area (Å²) in [5.74, 6) is -0.845. The van der Waals surface area contributed by atoms with Crippen LogP contribution in [0.4, 0.5) is 5.69 Å². The number of carbonyl (C=O) groups excluding carboxylic acids is 3. The highest BCUT2D eigenvalue weighted by Crippen LogP contribution is 2.13. The Morgan fingerprint density at radius 1 is 1.29 bits per heavy atom. The lowest BCUT2D eigenvalue weighted by molar-refractivity contribution is -0.118. The Morgan fingerprint density at radius 2 is 2.08 bits per heavy atom. The van der Waals surface area contributed by atoms with Gasteiger partial charge in [0.05, 0.1) is 0 Å². The van der Waals surface area contributed by atoms with Gasteiger partial charge in [0.2, 0.25) is 11.8 Å². The number of anilines is 1. The summed E-state index contributed by atoms with van der Waals surface area (Å²) in [6.45, 7) is 1.15. The second-order valence-corrected chi connectivity index (χ2v) is 5.60. The number of halogens is 1. The van der Waals surface area contributed by atoms with E-state index in [1.54, 1.807) is 24.3 Å². The molecule has 0 bridgehead atoms. The van der Waals surface area contributed by atoms with E-state index in [0.29, 0.717) is 17.7 Å². The Labute approximate surface area is 147 Å². The van der Waals surface area contributed by atoms with Crippen LogP contribution in [-0.2, 0) is 9.59 Å². The largest absolute Gasteiger partial charge is 0.370 e. The number of benzene rings is 1. The van der Waals surface area contributed by atoms with E-state index < -0.39 is 5.91 Å². The van der Waals surface area contributed by atoms with E-state index in [9.17, 15) is 14.4 Å². The summed E-state index contributed by atoms with van der Waals surface area (Å²) in [6, 6.07) is 6.93. The van der Waals surface area contributed by atoms with Crippen molar-refractivity contribution in [3.05, 3.63) is 29.8 Å². The first-order valence-corrected chi connectivity index (χ1v) is 7.74. The van der Waals surface area contributed by atoms with Gasteiger partial charge in [0.1, 0.15) is 0 Å². The van der Waals surface area contributed by atoms with Gasteiger partial charge in [-0.3, -0.25) is 14.4 Å². The highest BCUT2D eigenvalue weighted by atomic mass is 35.5. The maximum absolute atomic E-state index is 12.0. The van der Waals surface area contributed by atoms with Crippen LogP contribution in [0.2, 0.25) is 0 Å². The second kappa shape index (κ2) is 9.89. The van der Waals surface area contributed by atoms with Crippen LogP contribution in [0.1, 0.15) is 36.0 Å². The first-order chi connectivity index (χ1) is 11.0. The molecule has 0 spiro atoms. The average Bonchev–Trinajstić information content (AvgIpc) is 2.99. The third kappa shape index (κ3) is 6.55. The molecule has 1 aromatic rings. The Balaban J connectivity index is 0.00000288. The van der Waals surface area contributed by atoms with Gasteiger partial charge in [-0.15, -0.1) is 12.4 Å². The number of amides is 3. The average molecular weight is 355 g/mol. The topological polar surface area (TPSA) is 113 Å². The Kier molecular flexibility index (Phi) is 8.21. The minimum atomic E-state index is -0.466. The fraction of sp³-hybridized carbons (Fsp3) is 0.438. The predicted octanol–water partition coefficient (Wildman–Crippen LogP) is 0.794. The van der Waals surface area contributed by atoms with Crippen LogP contribution >= 0.6 is 12.4 Å². The van der Waals surface area contributed by atoms with E-state index in [4.69, 9.17) is 5.73 Å². The Hall–Kier alpha value is -2.12. The lowest BCUT2D eigenvalue weighted by atomic mass is 10.1. The van der Waals surface area contributed by atoms with Gasteiger partial charge in [-0.1, -0.05) is 6.07 Å². The van der Waals surface area contributed by atoms with Gasteiger partial charge < -0.3 is 21.7 Å². The number of rotatable bonds is 7. The number of nitrogens with one attached hydrogen (secondary N) is 3. The van der Waals surface area contributed by atoms with Gasteiger partial charge >= 0.3 is 0 Å². The molecule has 3 amide bonds. The maximum Gasteiger partial charge on any atom is 0.251 e. The second-order valence-electron chi connectivity index (χ2n) is 5.60. The SMILES string of the molecule is Cl.NC(=O)CCNC(=O)c1cccc(NC(=O)CC2CCCN2)c1. The third-order valence-electron chi connectivity index (χ3n) is 3.66. The summed E-state index contributed by atoms with van der Waals surface area (Å²) >= 11 is 0. The minimum Gasteiger partial charge on any atom is -0.370 e. The molecule has 1 aromatic carbocycles.